The molecular weight excluding hydrogens is 464 g/mol. The van der Waals surface area contributed by atoms with Crippen molar-refractivity contribution in [2.45, 2.75) is 9.79 Å². The molecule has 14 heteroatoms. The zero-order valence-corrected chi connectivity index (χ0v) is 18.5. The number of primary sulfonamides is 1. The van der Waals surface area contributed by atoms with E-state index in [-0.39, 0.29) is 36.6 Å². The molecule has 1 aliphatic rings. The number of hydrogen-bond donors (Lipinski definition) is 1. The number of carbonyl (C=O) groups excluding carboxylic acids is 1. The van der Waals surface area contributed by atoms with E-state index in [1.54, 1.807) is 4.90 Å². The molecule has 2 N–H and O–H groups in total. The van der Waals surface area contributed by atoms with Crippen molar-refractivity contribution in [3.05, 3.63) is 58.1 Å². The van der Waals surface area contributed by atoms with Gasteiger partial charge in [0.1, 0.15) is 0 Å². The van der Waals surface area contributed by atoms with Crippen LogP contribution in [0.2, 0.25) is 0 Å². The molecule has 0 radical (unpaired) electrons. The van der Waals surface area contributed by atoms with Crippen molar-refractivity contribution in [1.82, 2.24) is 4.31 Å². The van der Waals surface area contributed by atoms with Gasteiger partial charge in [-0.1, -0.05) is 12.1 Å². The second-order valence-corrected chi connectivity index (χ2v) is 10.3. The summed E-state index contributed by atoms with van der Waals surface area (Å²) in [7, 11) is -7.03. The average Bonchev–Trinajstić information content (AvgIpc) is 2.77. The number of carbonyl (C=O) groups is 1. The van der Waals surface area contributed by atoms with E-state index < -0.39 is 41.5 Å². The van der Waals surface area contributed by atoms with Crippen LogP contribution in [-0.2, 0) is 24.8 Å². The van der Waals surface area contributed by atoms with Gasteiger partial charge in [0, 0.05) is 32.2 Å². The van der Waals surface area contributed by atoms with Crippen LogP contribution >= 0.6 is 0 Å². The molecular formula is C18H20N4O8S2. The van der Waals surface area contributed by atoms with E-state index in [4.69, 9.17) is 9.88 Å². The number of piperazine rings is 1. The number of sulfonamides is 2. The van der Waals surface area contributed by atoms with Gasteiger partial charge in [-0.25, -0.2) is 26.8 Å². The fraction of sp³-hybridized carbons (Fsp3) is 0.278. The van der Waals surface area contributed by atoms with E-state index in [9.17, 15) is 31.7 Å². The molecule has 2 aromatic carbocycles. The van der Waals surface area contributed by atoms with E-state index in [2.05, 4.69) is 0 Å². The molecule has 0 saturated carbocycles. The van der Waals surface area contributed by atoms with Crippen LogP contribution in [0.25, 0.3) is 0 Å². The lowest BCUT2D eigenvalue weighted by Gasteiger charge is -2.36. The maximum atomic E-state index is 13.0. The van der Waals surface area contributed by atoms with Crippen molar-refractivity contribution < 1.29 is 31.3 Å². The average molecular weight is 485 g/mol. The number of nitrogens with zero attached hydrogens (tertiary/aromatic N) is 3. The second kappa shape index (κ2) is 8.82. The Balaban J connectivity index is 1.88. The van der Waals surface area contributed by atoms with Gasteiger partial charge in [-0.15, -0.1) is 0 Å². The summed E-state index contributed by atoms with van der Waals surface area (Å²) >= 11 is 0. The molecule has 2 aromatic rings. The Bertz CT molecular complexity index is 1270. The van der Waals surface area contributed by atoms with Crippen molar-refractivity contribution in [3.8, 4) is 0 Å². The molecule has 0 aliphatic carbocycles. The van der Waals surface area contributed by atoms with Gasteiger partial charge in [0.05, 0.1) is 28.2 Å². The minimum absolute atomic E-state index is 0.00800. The first kappa shape index (κ1) is 23.6. The molecule has 1 heterocycles. The van der Waals surface area contributed by atoms with Crippen LogP contribution in [-0.4, -0.2) is 65.3 Å². The quantitative estimate of drug-likeness (QED) is 0.349. The number of nitrogens with two attached hydrogens (primary N) is 1. The number of benzene rings is 2. The summed E-state index contributed by atoms with van der Waals surface area (Å²) in [5.74, 6) is -0.777. The van der Waals surface area contributed by atoms with Crippen LogP contribution in [0.5, 0.6) is 0 Å². The summed E-state index contributed by atoms with van der Waals surface area (Å²) in [6.07, 6.45) is 0. The molecule has 0 aromatic heterocycles. The zero-order valence-electron chi connectivity index (χ0n) is 16.9. The summed E-state index contributed by atoms with van der Waals surface area (Å²) in [6, 6.07) is 8.85. The van der Waals surface area contributed by atoms with Crippen LogP contribution < -0.4 is 10.0 Å². The van der Waals surface area contributed by atoms with Gasteiger partial charge in [-0.05, 0) is 24.3 Å². The van der Waals surface area contributed by atoms with Gasteiger partial charge < -0.3 is 9.64 Å². The van der Waals surface area contributed by atoms with Gasteiger partial charge in [-0.3, -0.25) is 10.1 Å². The lowest BCUT2D eigenvalue weighted by molar-refractivity contribution is -0.387. The lowest BCUT2D eigenvalue weighted by atomic mass is 10.1. The highest BCUT2D eigenvalue weighted by atomic mass is 32.2. The predicted molar refractivity (Wildman–Crippen MR) is 113 cm³/mol. The van der Waals surface area contributed by atoms with Gasteiger partial charge >= 0.3 is 5.97 Å². The van der Waals surface area contributed by atoms with E-state index in [1.807, 2.05) is 0 Å². The third kappa shape index (κ3) is 4.57. The molecule has 12 nitrogen and oxygen atoms in total. The number of hydrogen-bond acceptors (Lipinski definition) is 9. The van der Waals surface area contributed by atoms with Crippen LogP contribution in [0.1, 0.15) is 10.4 Å². The minimum atomic E-state index is -4.12. The first-order valence-corrected chi connectivity index (χ1v) is 12.2. The summed E-state index contributed by atoms with van der Waals surface area (Å²) in [6.45, 7) is 0.287. The Morgan fingerprint density at radius 2 is 1.69 bits per heavy atom. The number of nitro benzene ring substituents is 1. The topological polar surface area (TPSA) is 170 Å². The molecule has 0 amide bonds. The van der Waals surface area contributed by atoms with Gasteiger partial charge in [0.25, 0.3) is 5.69 Å². The standard InChI is InChI=1S/C18H20N4O8S2/c1-30-18(23)14-12-13(31(19,26)27)6-7-15(14)20-8-10-21(11-9-20)32(28,29)17-5-3-2-4-16(17)22(24)25/h2-7,12H,8-11H2,1H3,(H2,19,26,27). The van der Waals surface area contributed by atoms with E-state index in [0.717, 1.165) is 23.5 Å². The largest absolute Gasteiger partial charge is 0.465 e. The Hall–Kier alpha value is -3.07. The molecule has 1 aliphatic heterocycles. The first-order chi connectivity index (χ1) is 15.0. The number of anilines is 1. The molecule has 1 fully saturated rings. The first-order valence-electron chi connectivity index (χ1n) is 9.20. The normalized spacial score (nSPS) is 15.4. The van der Waals surface area contributed by atoms with Gasteiger partial charge in [0.2, 0.25) is 20.0 Å². The number of para-hydroxylation sites is 1. The number of nitro groups is 1. The molecule has 0 bridgehead atoms. The van der Waals surface area contributed by atoms with Crippen LogP contribution in [0.4, 0.5) is 11.4 Å². The van der Waals surface area contributed by atoms with E-state index >= 15 is 0 Å². The fourth-order valence-electron chi connectivity index (χ4n) is 3.38. The maximum absolute atomic E-state index is 13.0. The van der Waals surface area contributed by atoms with E-state index in [0.29, 0.717) is 5.69 Å². The molecule has 0 unspecified atom stereocenters. The minimum Gasteiger partial charge on any atom is -0.465 e. The van der Waals surface area contributed by atoms with Crippen molar-refractivity contribution in [3.63, 3.8) is 0 Å². The molecule has 32 heavy (non-hydrogen) atoms. The molecule has 3 rings (SSSR count). The fourth-order valence-corrected chi connectivity index (χ4v) is 5.50. The summed E-state index contributed by atoms with van der Waals surface area (Å²) < 4.78 is 55.1. The number of methoxy groups -OCH3 is 1. The van der Waals surface area contributed by atoms with Crippen LogP contribution in [0.15, 0.2) is 52.3 Å². The third-order valence-corrected chi connectivity index (χ3v) is 7.82. The van der Waals surface area contributed by atoms with Crippen molar-refractivity contribution in [2.24, 2.45) is 5.14 Å². The van der Waals surface area contributed by atoms with Gasteiger partial charge in [0.15, 0.2) is 4.90 Å². The molecule has 172 valence electrons. The zero-order chi connectivity index (χ0) is 23.7. The van der Waals surface area contributed by atoms with E-state index in [1.165, 1.54) is 30.3 Å². The number of esters is 1. The van der Waals surface area contributed by atoms with Crippen molar-refractivity contribution >= 4 is 37.4 Å². The number of ether oxygens (including phenoxy) is 1. The summed E-state index contributed by atoms with van der Waals surface area (Å²) in [5, 5.41) is 16.4. The highest BCUT2D eigenvalue weighted by molar-refractivity contribution is 7.89. The Morgan fingerprint density at radius 3 is 2.25 bits per heavy atom. The van der Waals surface area contributed by atoms with Crippen LogP contribution in [0, 0.1) is 10.1 Å². The predicted octanol–water partition coefficient (Wildman–Crippen LogP) is 0.540. The molecule has 0 atom stereocenters. The summed E-state index contributed by atoms with van der Waals surface area (Å²) in [4.78, 5) is 23.7. The molecule has 1 saturated heterocycles. The van der Waals surface area contributed by atoms with Crippen LogP contribution in [0.3, 0.4) is 0 Å². The number of rotatable bonds is 6. The van der Waals surface area contributed by atoms with Crippen molar-refractivity contribution in [1.29, 1.82) is 0 Å². The Morgan fingerprint density at radius 1 is 1.06 bits per heavy atom. The monoisotopic (exact) mass is 484 g/mol. The highest BCUT2D eigenvalue weighted by Gasteiger charge is 2.34. The SMILES string of the molecule is COC(=O)c1cc(S(N)(=O)=O)ccc1N1CCN(S(=O)(=O)c2ccccc2[N+](=O)[O-])CC1. The second-order valence-electron chi connectivity index (χ2n) is 6.83. The maximum Gasteiger partial charge on any atom is 0.340 e. The Labute approximate surface area is 184 Å². The lowest BCUT2D eigenvalue weighted by Crippen LogP contribution is -2.49. The molecule has 0 spiro atoms. The highest BCUT2D eigenvalue weighted by Crippen LogP contribution is 2.29. The van der Waals surface area contributed by atoms with Gasteiger partial charge in [-0.2, -0.15) is 4.31 Å². The Kier molecular flexibility index (Phi) is 6.50. The summed E-state index contributed by atoms with van der Waals surface area (Å²) in [5.41, 5.74) is -0.192. The third-order valence-electron chi connectivity index (χ3n) is 4.96. The smallest absolute Gasteiger partial charge is 0.340 e. The van der Waals surface area contributed by atoms with Crippen molar-refractivity contribution in [2.75, 3.05) is 38.2 Å².